The van der Waals surface area contributed by atoms with E-state index in [9.17, 15) is 14.4 Å². The van der Waals surface area contributed by atoms with E-state index in [1.165, 1.54) is 4.57 Å². The first-order valence-corrected chi connectivity index (χ1v) is 8.36. The van der Waals surface area contributed by atoms with Gasteiger partial charge in [-0.2, -0.15) is 0 Å². The van der Waals surface area contributed by atoms with Crippen molar-refractivity contribution >= 4 is 45.0 Å². The Balaban J connectivity index is 1.77. The van der Waals surface area contributed by atoms with E-state index in [4.69, 9.17) is 5.73 Å². The Kier molecular flexibility index (Phi) is 2.89. The zero-order chi connectivity index (χ0) is 18.9. The molecule has 0 spiro atoms. The van der Waals surface area contributed by atoms with E-state index in [1.807, 2.05) is 0 Å². The molecule has 5 rings (SSSR count). The molecule has 3 aromatic carbocycles. The predicted molar refractivity (Wildman–Crippen MR) is 103 cm³/mol. The quantitative estimate of drug-likeness (QED) is 0.403. The van der Waals surface area contributed by atoms with Crippen molar-refractivity contribution in [3.63, 3.8) is 0 Å². The van der Waals surface area contributed by atoms with Crippen LogP contribution in [0.3, 0.4) is 0 Å². The summed E-state index contributed by atoms with van der Waals surface area (Å²) in [7, 11) is 1.63. The molecule has 0 fully saturated rings. The molecule has 0 atom stereocenters. The molecule has 27 heavy (non-hydrogen) atoms. The van der Waals surface area contributed by atoms with Crippen LogP contribution in [-0.2, 0) is 7.05 Å². The number of rotatable bonds is 1. The van der Waals surface area contributed by atoms with Crippen LogP contribution in [0.4, 0.5) is 11.4 Å². The first kappa shape index (κ1) is 15.4. The number of fused-ring (bicyclic) bond motifs is 1. The highest BCUT2D eigenvalue weighted by Gasteiger charge is 2.34. The molecule has 0 unspecified atom stereocenters. The summed E-state index contributed by atoms with van der Waals surface area (Å²) in [6, 6.07) is 13.6. The van der Waals surface area contributed by atoms with Crippen molar-refractivity contribution in [1.29, 1.82) is 0 Å². The van der Waals surface area contributed by atoms with E-state index in [0.29, 0.717) is 44.3 Å². The highest BCUT2D eigenvalue weighted by Crippen LogP contribution is 2.35. The van der Waals surface area contributed by atoms with Gasteiger partial charge in [0.1, 0.15) is 0 Å². The average Bonchev–Trinajstić information content (AvgIpc) is 2.95. The van der Waals surface area contributed by atoms with Crippen LogP contribution in [0.25, 0.3) is 21.8 Å². The number of amides is 2. The Hall–Kier alpha value is -3.87. The third-order valence-corrected chi connectivity index (χ3v) is 5.09. The van der Waals surface area contributed by atoms with E-state index in [2.05, 4.69) is 4.98 Å². The Bertz CT molecular complexity index is 1340. The molecular formula is C20H14N4O3. The van der Waals surface area contributed by atoms with Crippen molar-refractivity contribution < 1.29 is 9.59 Å². The fourth-order valence-corrected chi connectivity index (χ4v) is 3.70. The normalized spacial score (nSPS) is 13.7. The van der Waals surface area contributed by atoms with Gasteiger partial charge in [-0.1, -0.05) is 12.1 Å². The standard InChI is InChI=1S/C20H14N4O3/c1-23-16-9-10(5-8-15(16)22-20(23)27)24-18(25)12-4-2-3-11-14(21)7-6-13(17(11)12)19(24)26/h2-9H,21H2,1H3,(H,22,27). The number of nitrogens with two attached hydrogens (primary N) is 1. The number of nitrogen functional groups attached to an aromatic ring is 1. The first-order chi connectivity index (χ1) is 13.0. The number of H-pyrrole nitrogens is 1. The molecule has 1 aliphatic rings. The molecule has 7 nitrogen and oxygen atoms in total. The number of aromatic nitrogens is 2. The van der Waals surface area contributed by atoms with Crippen LogP contribution in [0.2, 0.25) is 0 Å². The lowest BCUT2D eigenvalue weighted by atomic mass is 9.93. The number of aryl methyl sites for hydroxylation is 1. The minimum absolute atomic E-state index is 0.260. The van der Waals surface area contributed by atoms with Gasteiger partial charge >= 0.3 is 5.69 Å². The molecule has 0 saturated heterocycles. The lowest BCUT2D eigenvalue weighted by Gasteiger charge is -2.27. The number of aromatic amines is 1. The summed E-state index contributed by atoms with van der Waals surface area (Å²) < 4.78 is 1.44. The van der Waals surface area contributed by atoms with E-state index < -0.39 is 11.8 Å². The number of nitrogens with zero attached hydrogens (tertiary/aromatic N) is 2. The minimum atomic E-state index is -0.413. The van der Waals surface area contributed by atoms with Crippen LogP contribution in [0.15, 0.2) is 53.3 Å². The Morgan fingerprint density at radius 1 is 0.926 bits per heavy atom. The fourth-order valence-electron chi connectivity index (χ4n) is 3.70. The van der Waals surface area contributed by atoms with Gasteiger partial charge in [0.2, 0.25) is 0 Å². The third kappa shape index (κ3) is 1.93. The van der Waals surface area contributed by atoms with Crippen molar-refractivity contribution in [3.05, 3.63) is 70.1 Å². The summed E-state index contributed by atoms with van der Waals surface area (Å²) in [5.74, 6) is -0.827. The van der Waals surface area contributed by atoms with E-state index >= 15 is 0 Å². The summed E-state index contributed by atoms with van der Waals surface area (Å²) in [6.45, 7) is 0. The van der Waals surface area contributed by atoms with Crippen LogP contribution in [0, 0.1) is 0 Å². The number of nitrogens with one attached hydrogen (secondary N) is 1. The van der Waals surface area contributed by atoms with Gasteiger partial charge in [-0.25, -0.2) is 9.69 Å². The highest BCUT2D eigenvalue weighted by molar-refractivity contribution is 6.36. The summed E-state index contributed by atoms with van der Waals surface area (Å²) in [5.41, 5.74) is 8.79. The van der Waals surface area contributed by atoms with Crippen LogP contribution < -0.4 is 16.3 Å². The van der Waals surface area contributed by atoms with Gasteiger partial charge in [-0.15, -0.1) is 0 Å². The van der Waals surface area contributed by atoms with Crippen molar-refractivity contribution in [3.8, 4) is 0 Å². The number of anilines is 2. The van der Waals surface area contributed by atoms with Crippen molar-refractivity contribution in [2.24, 2.45) is 7.05 Å². The highest BCUT2D eigenvalue weighted by atomic mass is 16.2. The van der Waals surface area contributed by atoms with E-state index in [0.717, 1.165) is 4.90 Å². The fraction of sp³-hybridized carbons (Fsp3) is 0.0500. The molecular weight excluding hydrogens is 344 g/mol. The molecule has 4 aromatic rings. The SMILES string of the molecule is Cn1c(=O)[nH]c2ccc(N3C(=O)c4cccc5c(N)ccc(c45)C3=O)cc21. The lowest BCUT2D eigenvalue weighted by molar-refractivity contribution is 0.0893. The molecule has 1 aliphatic heterocycles. The number of carbonyl (C=O) groups is 2. The maximum Gasteiger partial charge on any atom is 0.326 e. The minimum Gasteiger partial charge on any atom is -0.398 e. The third-order valence-electron chi connectivity index (χ3n) is 5.09. The van der Waals surface area contributed by atoms with Gasteiger partial charge < -0.3 is 10.7 Å². The lowest BCUT2D eigenvalue weighted by Crippen LogP contribution is -2.40. The second-order valence-electron chi connectivity index (χ2n) is 6.57. The number of imide groups is 1. The predicted octanol–water partition coefficient (Wildman–Crippen LogP) is 2.40. The number of hydrogen-bond acceptors (Lipinski definition) is 4. The zero-order valence-corrected chi connectivity index (χ0v) is 14.3. The molecule has 3 N–H and O–H groups in total. The molecule has 1 aromatic heterocycles. The molecule has 0 bridgehead atoms. The summed E-state index contributed by atoms with van der Waals surface area (Å²) in [6.07, 6.45) is 0. The summed E-state index contributed by atoms with van der Waals surface area (Å²) in [4.78, 5) is 42.0. The molecule has 2 amide bonds. The average molecular weight is 358 g/mol. The van der Waals surface area contributed by atoms with Crippen LogP contribution in [-0.4, -0.2) is 21.4 Å². The van der Waals surface area contributed by atoms with Gasteiger partial charge in [-0.05, 0) is 36.4 Å². The number of carbonyl (C=O) groups excluding carboxylic acids is 2. The summed E-state index contributed by atoms with van der Waals surface area (Å²) in [5, 5.41) is 1.27. The van der Waals surface area contributed by atoms with E-state index in [1.54, 1.807) is 55.6 Å². The van der Waals surface area contributed by atoms with E-state index in [-0.39, 0.29) is 5.69 Å². The molecule has 0 aliphatic carbocycles. The van der Waals surface area contributed by atoms with Crippen LogP contribution in [0.1, 0.15) is 20.7 Å². The zero-order valence-electron chi connectivity index (χ0n) is 14.3. The number of benzene rings is 3. The van der Waals surface area contributed by atoms with Gasteiger partial charge in [0.25, 0.3) is 11.8 Å². The largest absolute Gasteiger partial charge is 0.398 e. The van der Waals surface area contributed by atoms with Crippen molar-refractivity contribution in [1.82, 2.24) is 9.55 Å². The van der Waals surface area contributed by atoms with Crippen LogP contribution in [0.5, 0.6) is 0 Å². The second-order valence-corrected chi connectivity index (χ2v) is 6.57. The van der Waals surface area contributed by atoms with Gasteiger partial charge in [-0.3, -0.25) is 14.2 Å². The molecule has 2 heterocycles. The van der Waals surface area contributed by atoms with Crippen LogP contribution >= 0.6 is 0 Å². The van der Waals surface area contributed by atoms with Crippen molar-refractivity contribution in [2.75, 3.05) is 10.6 Å². The topological polar surface area (TPSA) is 101 Å². The second kappa shape index (κ2) is 5.07. The first-order valence-electron chi connectivity index (χ1n) is 8.36. The van der Waals surface area contributed by atoms with Gasteiger partial charge in [0.05, 0.1) is 16.7 Å². The number of imidazole rings is 1. The maximum atomic E-state index is 13.1. The van der Waals surface area contributed by atoms with Gasteiger partial charge in [0, 0.05) is 34.6 Å². The van der Waals surface area contributed by atoms with Gasteiger partial charge in [0.15, 0.2) is 0 Å². The Morgan fingerprint density at radius 3 is 2.44 bits per heavy atom. The monoisotopic (exact) mass is 358 g/mol. The number of hydrogen-bond donors (Lipinski definition) is 2. The smallest absolute Gasteiger partial charge is 0.326 e. The Morgan fingerprint density at radius 2 is 1.67 bits per heavy atom. The molecule has 0 saturated carbocycles. The molecule has 7 heteroatoms. The summed E-state index contributed by atoms with van der Waals surface area (Å²) >= 11 is 0. The molecule has 0 radical (unpaired) electrons. The Labute approximate surface area is 152 Å². The molecule has 132 valence electrons. The maximum absolute atomic E-state index is 13.1. The van der Waals surface area contributed by atoms with Crippen molar-refractivity contribution in [2.45, 2.75) is 0 Å².